The Morgan fingerprint density at radius 3 is 1.51 bits per heavy atom. The molecule has 5 rings (SSSR count). The lowest BCUT2D eigenvalue weighted by Gasteiger charge is -2.20. The molecule has 0 atom stereocenters. The fourth-order valence-electron chi connectivity index (χ4n) is 4.28. The van der Waals surface area contributed by atoms with Gasteiger partial charge in [-0.3, -0.25) is 0 Å². The number of halogens is 9. The molecule has 0 bridgehead atoms. The molecule has 5 aromatic rings. The second-order valence-corrected chi connectivity index (χ2v) is 7.69. The predicted molar refractivity (Wildman–Crippen MR) is 112 cm³/mol. The van der Waals surface area contributed by atoms with E-state index in [4.69, 9.17) is 0 Å². The third kappa shape index (κ3) is 3.41. The molecule has 5 aromatic carbocycles. The van der Waals surface area contributed by atoms with Crippen LogP contribution in [0.15, 0.2) is 54.6 Å². The summed E-state index contributed by atoms with van der Waals surface area (Å²) in [6.45, 7) is 0. The Bertz CT molecular complexity index is 1660. The maximum absolute atomic E-state index is 15.2. The average molecular weight is 492 g/mol. The minimum atomic E-state index is -1.93. The number of rotatable bonds is 2. The average Bonchev–Trinajstić information content (AvgIpc) is 2.80. The van der Waals surface area contributed by atoms with E-state index < -0.39 is 85.2 Å². The van der Waals surface area contributed by atoms with Crippen molar-refractivity contribution in [3.63, 3.8) is 0 Å². The summed E-state index contributed by atoms with van der Waals surface area (Å²) in [4.78, 5) is 0. The van der Waals surface area contributed by atoms with E-state index in [2.05, 4.69) is 0 Å². The van der Waals surface area contributed by atoms with Crippen LogP contribution in [-0.2, 0) is 0 Å². The van der Waals surface area contributed by atoms with Gasteiger partial charge >= 0.3 is 0 Å². The third-order valence-corrected chi connectivity index (χ3v) is 5.69. The van der Waals surface area contributed by atoms with Crippen molar-refractivity contribution in [2.75, 3.05) is 0 Å². The van der Waals surface area contributed by atoms with Crippen LogP contribution in [-0.4, -0.2) is 0 Å². The molecular formula is C26H9F9. The van der Waals surface area contributed by atoms with Gasteiger partial charge in [-0.25, -0.2) is 39.5 Å². The fraction of sp³-hybridized carbons (Fsp3) is 0. The van der Waals surface area contributed by atoms with Gasteiger partial charge in [0.1, 0.15) is 29.1 Å². The van der Waals surface area contributed by atoms with Gasteiger partial charge in [-0.15, -0.1) is 0 Å². The highest BCUT2D eigenvalue weighted by Crippen LogP contribution is 2.47. The zero-order valence-corrected chi connectivity index (χ0v) is 17.1. The lowest BCUT2D eigenvalue weighted by molar-refractivity contribution is 0.458. The summed E-state index contributed by atoms with van der Waals surface area (Å²) in [5, 5.41) is -2.34. The van der Waals surface area contributed by atoms with Crippen molar-refractivity contribution in [1.29, 1.82) is 0 Å². The van der Waals surface area contributed by atoms with Crippen LogP contribution in [0.2, 0.25) is 0 Å². The quantitative estimate of drug-likeness (QED) is 0.132. The van der Waals surface area contributed by atoms with Crippen molar-refractivity contribution in [3.8, 4) is 22.3 Å². The molecule has 0 aromatic heterocycles. The summed E-state index contributed by atoms with van der Waals surface area (Å²) >= 11 is 0. The highest BCUT2D eigenvalue weighted by Gasteiger charge is 2.29. The van der Waals surface area contributed by atoms with Crippen LogP contribution in [0.1, 0.15) is 0 Å². The molecule has 0 fully saturated rings. The van der Waals surface area contributed by atoms with Gasteiger partial charge in [0, 0.05) is 39.6 Å². The molecule has 35 heavy (non-hydrogen) atoms. The van der Waals surface area contributed by atoms with Crippen LogP contribution in [0.3, 0.4) is 0 Å². The molecule has 9 heteroatoms. The molecule has 176 valence electrons. The normalized spacial score (nSPS) is 11.6. The van der Waals surface area contributed by atoms with Crippen molar-refractivity contribution in [3.05, 3.63) is 107 Å². The zero-order valence-electron chi connectivity index (χ0n) is 17.1. The second kappa shape index (κ2) is 8.04. The van der Waals surface area contributed by atoms with Crippen LogP contribution in [0.4, 0.5) is 39.5 Å². The van der Waals surface area contributed by atoms with Crippen molar-refractivity contribution >= 4 is 21.5 Å². The summed E-state index contributed by atoms with van der Waals surface area (Å²) in [5.41, 5.74) is -3.11. The van der Waals surface area contributed by atoms with E-state index in [0.29, 0.717) is 24.3 Å². The molecule has 0 aliphatic rings. The highest BCUT2D eigenvalue weighted by molar-refractivity contribution is 6.21. The standard InChI is InChI=1S/C26H9F9/c27-10-1-3-12-14(7-10)21(24-25(34)18(32)9-19(33)26(24)35)23-16(30)6-5-15(29)22(23)20(12)13-4-2-11(28)8-17(13)31/h1-9H. The molecule has 0 nitrogen and oxygen atoms in total. The first-order valence-corrected chi connectivity index (χ1v) is 9.91. The van der Waals surface area contributed by atoms with Gasteiger partial charge in [-0.2, -0.15) is 0 Å². The summed E-state index contributed by atoms with van der Waals surface area (Å²) in [7, 11) is 0. The molecule has 0 N–H and O–H groups in total. The van der Waals surface area contributed by atoms with Gasteiger partial charge < -0.3 is 0 Å². The van der Waals surface area contributed by atoms with E-state index in [1.807, 2.05) is 0 Å². The highest BCUT2D eigenvalue weighted by atomic mass is 19.2. The van der Waals surface area contributed by atoms with Gasteiger partial charge in [-0.05, 0) is 47.2 Å². The predicted octanol–water partition coefficient (Wildman–Crippen LogP) is 8.58. The maximum atomic E-state index is 15.2. The van der Waals surface area contributed by atoms with Crippen LogP contribution in [0.5, 0.6) is 0 Å². The third-order valence-electron chi connectivity index (χ3n) is 5.69. The van der Waals surface area contributed by atoms with E-state index in [1.165, 1.54) is 0 Å². The Hall–Kier alpha value is -4.01. The molecule has 0 saturated carbocycles. The zero-order chi connectivity index (χ0) is 25.2. The summed E-state index contributed by atoms with van der Waals surface area (Å²) in [6, 6.07) is 5.95. The lowest BCUT2D eigenvalue weighted by atomic mass is 9.85. The van der Waals surface area contributed by atoms with Gasteiger partial charge in [0.25, 0.3) is 0 Å². The Morgan fingerprint density at radius 1 is 0.371 bits per heavy atom. The Balaban J connectivity index is 2.14. The number of benzene rings is 5. The van der Waals surface area contributed by atoms with Crippen molar-refractivity contribution in [2.24, 2.45) is 0 Å². The first-order chi connectivity index (χ1) is 16.6. The number of hydrogen-bond acceptors (Lipinski definition) is 0. The summed E-state index contributed by atoms with van der Waals surface area (Å²) in [5.74, 6) is -13.2. The van der Waals surface area contributed by atoms with Crippen LogP contribution in [0.25, 0.3) is 43.8 Å². The molecule has 0 aliphatic heterocycles. The Labute approximate surface area is 190 Å². The SMILES string of the molecule is Fc1ccc(-c2c3ccc(F)cc3c(-c3c(F)c(F)cc(F)c3F)c3c(F)ccc(F)c23)c(F)c1. The number of hydrogen-bond donors (Lipinski definition) is 0. The maximum Gasteiger partial charge on any atom is 0.169 e. The molecule has 0 spiro atoms. The van der Waals surface area contributed by atoms with Crippen LogP contribution < -0.4 is 0 Å². The summed E-state index contributed by atoms with van der Waals surface area (Å²) < 4.78 is 131. The Kier molecular flexibility index (Phi) is 5.23. The van der Waals surface area contributed by atoms with E-state index in [0.717, 1.165) is 24.3 Å². The fourth-order valence-corrected chi connectivity index (χ4v) is 4.28. The molecule has 0 radical (unpaired) electrons. The first kappa shape index (κ1) is 22.8. The largest absolute Gasteiger partial charge is 0.207 e. The van der Waals surface area contributed by atoms with Gasteiger partial charge in [0.15, 0.2) is 23.3 Å². The van der Waals surface area contributed by atoms with Crippen LogP contribution in [0, 0.1) is 52.4 Å². The van der Waals surface area contributed by atoms with Gasteiger partial charge in [-0.1, -0.05) is 6.07 Å². The van der Waals surface area contributed by atoms with E-state index in [1.54, 1.807) is 0 Å². The molecule has 0 amide bonds. The lowest BCUT2D eigenvalue weighted by Crippen LogP contribution is -2.03. The van der Waals surface area contributed by atoms with E-state index >= 15 is 8.78 Å². The summed E-state index contributed by atoms with van der Waals surface area (Å²) in [6.07, 6.45) is 0. The van der Waals surface area contributed by atoms with Crippen LogP contribution >= 0.6 is 0 Å². The second-order valence-electron chi connectivity index (χ2n) is 7.69. The van der Waals surface area contributed by atoms with Gasteiger partial charge in [0.2, 0.25) is 0 Å². The van der Waals surface area contributed by atoms with Crippen molar-refractivity contribution in [1.82, 2.24) is 0 Å². The molecule has 0 unspecified atom stereocenters. The smallest absolute Gasteiger partial charge is 0.169 e. The Morgan fingerprint density at radius 2 is 0.914 bits per heavy atom. The monoisotopic (exact) mass is 492 g/mol. The van der Waals surface area contributed by atoms with E-state index in [9.17, 15) is 30.7 Å². The minimum absolute atomic E-state index is 0.0711. The first-order valence-electron chi connectivity index (χ1n) is 9.91. The van der Waals surface area contributed by atoms with Gasteiger partial charge in [0.05, 0.1) is 5.56 Å². The van der Waals surface area contributed by atoms with Crippen molar-refractivity contribution in [2.45, 2.75) is 0 Å². The van der Waals surface area contributed by atoms with E-state index in [-0.39, 0.29) is 17.0 Å². The molecular weight excluding hydrogens is 483 g/mol. The number of fused-ring (bicyclic) bond motifs is 2. The molecule has 0 heterocycles. The minimum Gasteiger partial charge on any atom is -0.207 e. The van der Waals surface area contributed by atoms with Crippen molar-refractivity contribution < 1.29 is 39.5 Å². The topological polar surface area (TPSA) is 0 Å². The molecule has 0 aliphatic carbocycles. The molecule has 0 saturated heterocycles.